The molecule has 150 valence electrons. The molecule has 7 nitrogen and oxygen atoms in total. The Bertz CT molecular complexity index is 803. The van der Waals surface area contributed by atoms with Crippen molar-refractivity contribution in [1.82, 2.24) is 9.88 Å². The highest BCUT2D eigenvalue weighted by Gasteiger charge is 2.20. The van der Waals surface area contributed by atoms with Crippen molar-refractivity contribution in [2.24, 2.45) is 0 Å². The number of amides is 2. The molecule has 0 bridgehead atoms. The summed E-state index contributed by atoms with van der Waals surface area (Å²) < 4.78 is 29.3. The fourth-order valence-corrected chi connectivity index (χ4v) is 2.40. The normalized spacial score (nSPS) is 12.0. The number of aromatic nitrogens is 1. The lowest BCUT2D eigenvalue weighted by molar-refractivity contribution is -0.122. The minimum Gasteiger partial charge on any atom is -0.435 e. The van der Waals surface area contributed by atoms with E-state index >= 15 is 0 Å². The Labute approximate surface area is 169 Å². The molecule has 0 spiro atoms. The number of nitrogens with zero attached hydrogens (tertiary/aromatic N) is 2. The van der Waals surface area contributed by atoms with Gasteiger partial charge in [-0.3, -0.25) is 14.5 Å². The highest BCUT2D eigenvalue weighted by molar-refractivity contribution is 9.10. The maximum atomic E-state index is 12.3. The molecule has 1 aromatic heterocycles. The number of carbonyl (C=O) groups excluding carboxylic acids is 2. The number of nitrogens with one attached hydrogen (secondary N) is 2. The van der Waals surface area contributed by atoms with Crippen molar-refractivity contribution in [3.05, 3.63) is 47.1 Å². The Morgan fingerprint density at radius 2 is 1.86 bits per heavy atom. The zero-order chi connectivity index (χ0) is 20.7. The van der Waals surface area contributed by atoms with E-state index in [1.807, 2.05) is 0 Å². The molecule has 2 N–H and O–H groups in total. The zero-order valence-electron chi connectivity index (χ0n) is 15.2. The summed E-state index contributed by atoms with van der Waals surface area (Å²) >= 11 is 3.26. The standard InChI is InChI=1S/C18H19BrF2N4O3/c1-11(17(27)23-13-4-6-14(7-5-13)28-18(20)21)25(2)10-16(26)24-15-8-3-12(19)9-22-15/h3-9,11,18H,10H2,1-2H3,(H,23,27)(H,22,24,26). The lowest BCUT2D eigenvalue weighted by Crippen LogP contribution is -2.43. The molecule has 0 aliphatic heterocycles. The van der Waals surface area contributed by atoms with Gasteiger partial charge in [-0.25, -0.2) is 4.98 Å². The summed E-state index contributed by atoms with van der Waals surface area (Å²) in [4.78, 5) is 30.1. The van der Waals surface area contributed by atoms with Gasteiger partial charge < -0.3 is 15.4 Å². The molecule has 10 heteroatoms. The smallest absolute Gasteiger partial charge is 0.387 e. The van der Waals surface area contributed by atoms with Crippen LogP contribution in [0.4, 0.5) is 20.3 Å². The first-order valence-electron chi connectivity index (χ1n) is 8.22. The molecule has 28 heavy (non-hydrogen) atoms. The number of anilines is 2. The van der Waals surface area contributed by atoms with E-state index in [0.29, 0.717) is 11.5 Å². The van der Waals surface area contributed by atoms with Crippen LogP contribution in [0.5, 0.6) is 5.75 Å². The number of hydrogen-bond donors (Lipinski definition) is 2. The van der Waals surface area contributed by atoms with Gasteiger partial charge >= 0.3 is 6.61 Å². The number of rotatable bonds is 8. The van der Waals surface area contributed by atoms with Crippen molar-refractivity contribution in [1.29, 1.82) is 0 Å². The van der Waals surface area contributed by atoms with Crippen molar-refractivity contribution >= 4 is 39.2 Å². The second-order valence-electron chi connectivity index (χ2n) is 5.89. The van der Waals surface area contributed by atoms with Crippen LogP contribution in [0, 0.1) is 0 Å². The van der Waals surface area contributed by atoms with Crippen molar-refractivity contribution in [2.75, 3.05) is 24.2 Å². The molecule has 2 amide bonds. The quantitative estimate of drug-likeness (QED) is 0.636. The number of ether oxygens (including phenoxy) is 1. The van der Waals surface area contributed by atoms with Crippen LogP contribution in [0.25, 0.3) is 0 Å². The van der Waals surface area contributed by atoms with Crippen LogP contribution in [-0.4, -0.2) is 47.9 Å². The van der Waals surface area contributed by atoms with Gasteiger partial charge in [-0.05, 0) is 66.3 Å². The third kappa shape index (κ3) is 6.86. The number of pyridine rings is 1. The Morgan fingerprint density at radius 1 is 1.18 bits per heavy atom. The van der Waals surface area contributed by atoms with Crippen molar-refractivity contribution in [2.45, 2.75) is 19.6 Å². The molecule has 0 radical (unpaired) electrons. The van der Waals surface area contributed by atoms with E-state index in [-0.39, 0.29) is 24.1 Å². The van der Waals surface area contributed by atoms with Gasteiger partial charge in [0.15, 0.2) is 0 Å². The fourth-order valence-electron chi connectivity index (χ4n) is 2.16. The van der Waals surface area contributed by atoms with Crippen molar-refractivity contribution in [3.63, 3.8) is 0 Å². The number of likely N-dealkylation sites (N-methyl/N-ethyl adjacent to an activating group) is 1. The first-order chi connectivity index (χ1) is 13.2. The first-order valence-corrected chi connectivity index (χ1v) is 9.01. The topological polar surface area (TPSA) is 83.6 Å². The van der Waals surface area contributed by atoms with Crippen molar-refractivity contribution < 1.29 is 23.1 Å². The molecule has 0 fully saturated rings. The van der Waals surface area contributed by atoms with Gasteiger partial charge in [-0.2, -0.15) is 8.78 Å². The third-order valence-electron chi connectivity index (χ3n) is 3.78. The molecular formula is C18H19BrF2N4O3. The second-order valence-corrected chi connectivity index (χ2v) is 6.81. The van der Waals surface area contributed by atoms with Gasteiger partial charge in [0.25, 0.3) is 0 Å². The van der Waals surface area contributed by atoms with Crippen LogP contribution >= 0.6 is 15.9 Å². The Morgan fingerprint density at radius 3 is 2.43 bits per heavy atom. The van der Waals surface area contributed by atoms with Gasteiger partial charge in [-0.15, -0.1) is 0 Å². The van der Waals surface area contributed by atoms with Gasteiger partial charge in [0.1, 0.15) is 11.6 Å². The summed E-state index contributed by atoms with van der Waals surface area (Å²) in [6.45, 7) is -1.28. The van der Waals surface area contributed by atoms with E-state index in [1.165, 1.54) is 24.3 Å². The van der Waals surface area contributed by atoms with E-state index < -0.39 is 12.7 Å². The zero-order valence-corrected chi connectivity index (χ0v) is 16.7. The molecule has 1 heterocycles. The maximum absolute atomic E-state index is 12.3. The minimum absolute atomic E-state index is 0.00334. The van der Waals surface area contributed by atoms with Crippen LogP contribution in [0.1, 0.15) is 6.92 Å². The molecule has 1 atom stereocenters. The lowest BCUT2D eigenvalue weighted by atomic mass is 10.2. The van der Waals surface area contributed by atoms with Gasteiger partial charge in [-0.1, -0.05) is 0 Å². The maximum Gasteiger partial charge on any atom is 0.387 e. The predicted molar refractivity (Wildman–Crippen MR) is 104 cm³/mol. The summed E-state index contributed by atoms with van der Waals surface area (Å²) in [6.07, 6.45) is 1.56. The average Bonchev–Trinajstić information content (AvgIpc) is 2.64. The number of alkyl halides is 2. The van der Waals surface area contributed by atoms with E-state index in [0.717, 1.165) is 4.47 Å². The summed E-state index contributed by atoms with van der Waals surface area (Å²) in [5.41, 5.74) is 0.426. The van der Waals surface area contributed by atoms with E-state index in [1.54, 1.807) is 37.2 Å². The van der Waals surface area contributed by atoms with Crippen LogP contribution < -0.4 is 15.4 Å². The second kappa shape index (κ2) is 10.1. The summed E-state index contributed by atoms with van der Waals surface area (Å²) in [5.74, 6) is -0.258. The SMILES string of the molecule is CC(C(=O)Nc1ccc(OC(F)F)cc1)N(C)CC(=O)Nc1ccc(Br)cn1. The number of halogens is 3. The molecule has 2 aromatic rings. The number of carbonyl (C=O) groups is 2. The molecule has 0 aliphatic carbocycles. The van der Waals surface area contributed by atoms with Gasteiger partial charge in [0.2, 0.25) is 11.8 Å². The molecule has 2 rings (SSSR count). The average molecular weight is 457 g/mol. The van der Waals surface area contributed by atoms with Crippen LogP contribution in [0.2, 0.25) is 0 Å². The minimum atomic E-state index is -2.91. The fraction of sp³-hybridized carbons (Fsp3) is 0.278. The van der Waals surface area contributed by atoms with Crippen molar-refractivity contribution in [3.8, 4) is 5.75 Å². The summed E-state index contributed by atoms with van der Waals surface area (Å²) in [6, 6.07) is 8.35. The van der Waals surface area contributed by atoms with Crippen LogP contribution in [0.3, 0.4) is 0 Å². The van der Waals surface area contributed by atoms with Gasteiger partial charge in [0.05, 0.1) is 12.6 Å². The summed E-state index contributed by atoms with van der Waals surface area (Å²) in [5, 5.41) is 5.31. The lowest BCUT2D eigenvalue weighted by Gasteiger charge is -2.23. The highest BCUT2D eigenvalue weighted by atomic mass is 79.9. The van der Waals surface area contributed by atoms with Gasteiger partial charge in [0, 0.05) is 16.4 Å². The predicted octanol–water partition coefficient (Wildman–Crippen LogP) is 3.34. The third-order valence-corrected chi connectivity index (χ3v) is 4.24. The molecular weight excluding hydrogens is 438 g/mol. The summed E-state index contributed by atoms with van der Waals surface area (Å²) in [7, 11) is 1.64. The molecule has 1 unspecified atom stereocenters. The van der Waals surface area contributed by atoms with E-state index in [9.17, 15) is 18.4 Å². The van der Waals surface area contributed by atoms with E-state index in [4.69, 9.17) is 0 Å². The highest BCUT2D eigenvalue weighted by Crippen LogP contribution is 2.18. The first kappa shape index (κ1) is 21.7. The molecule has 1 aromatic carbocycles. The Balaban J connectivity index is 1.85. The molecule has 0 saturated carbocycles. The molecule has 0 saturated heterocycles. The number of hydrogen-bond acceptors (Lipinski definition) is 5. The van der Waals surface area contributed by atoms with Crippen LogP contribution in [-0.2, 0) is 9.59 Å². The van der Waals surface area contributed by atoms with Crippen LogP contribution in [0.15, 0.2) is 47.1 Å². The Kier molecular flexibility index (Phi) is 7.82. The molecule has 0 aliphatic rings. The Hall–Kier alpha value is -2.59. The number of benzene rings is 1. The largest absolute Gasteiger partial charge is 0.435 e. The monoisotopic (exact) mass is 456 g/mol. The van der Waals surface area contributed by atoms with E-state index in [2.05, 4.69) is 36.3 Å².